The summed E-state index contributed by atoms with van der Waals surface area (Å²) >= 11 is 0. The lowest BCUT2D eigenvalue weighted by Gasteiger charge is -2.33. The Morgan fingerprint density at radius 3 is 2.41 bits per heavy atom. The van der Waals surface area contributed by atoms with Crippen LogP contribution in [0.4, 0.5) is 0 Å². The lowest BCUT2D eigenvalue weighted by molar-refractivity contribution is -0.137. The molecule has 0 saturated heterocycles. The first-order valence-electron chi connectivity index (χ1n) is 7.87. The average Bonchev–Trinajstić information content (AvgIpc) is 2.55. The van der Waals surface area contributed by atoms with Crippen LogP contribution in [0.1, 0.15) is 49.4 Å². The zero-order valence-electron chi connectivity index (χ0n) is 13.0. The number of esters is 1. The molecule has 2 rings (SSSR count). The number of phenols is 1. The summed E-state index contributed by atoms with van der Waals surface area (Å²) in [6.45, 7) is 2.36. The van der Waals surface area contributed by atoms with Gasteiger partial charge in [-0.05, 0) is 44.0 Å². The van der Waals surface area contributed by atoms with Gasteiger partial charge in [0.1, 0.15) is 5.75 Å². The summed E-state index contributed by atoms with van der Waals surface area (Å²) in [7, 11) is 0. The Labute approximate surface area is 130 Å². The predicted molar refractivity (Wildman–Crippen MR) is 82.6 cm³/mol. The maximum Gasteiger partial charge on any atom is 0.338 e. The topological polar surface area (TPSA) is 66.8 Å². The fraction of sp³-hybridized carbons (Fsp3) is 0.529. The molecule has 0 aromatic heterocycles. The van der Waals surface area contributed by atoms with Crippen molar-refractivity contribution < 1.29 is 19.4 Å². The van der Waals surface area contributed by atoms with E-state index in [1.54, 1.807) is 0 Å². The first-order valence-corrected chi connectivity index (χ1v) is 7.87. The van der Waals surface area contributed by atoms with E-state index in [0.717, 1.165) is 25.7 Å². The minimum absolute atomic E-state index is 0.0853. The van der Waals surface area contributed by atoms with E-state index < -0.39 is 5.97 Å². The fourth-order valence-electron chi connectivity index (χ4n) is 2.92. The molecule has 1 aliphatic rings. The van der Waals surface area contributed by atoms with Crippen molar-refractivity contribution in [3.05, 3.63) is 29.8 Å². The first-order chi connectivity index (χ1) is 10.6. The van der Waals surface area contributed by atoms with E-state index in [2.05, 4.69) is 0 Å². The number of phenolic OH excluding ortho intramolecular Hbond substituents is 1. The molecule has 1 saturated carbocycles. The van der Waals surface area contributed by atoms with Gasteiger partial charge in [0.15, 0.2) is 6.61 Å². The Kier molecular flexibility index (Phi) is 5.81. The van der Waals surface area contributed by atoms with Crippen molar-refractivity contribution in [1.82, 2.24) is 4.90 Å². The molecule has 1 aliphatic carbocycles. The number of likely N-dealkylation sites (N-methyl/N-ethyl adjacent to an activating group) is 1. The van der Waals surface area contributed by atoms with E-state index in [-0.39, 0.29) is 24.3 Å². The van der Waals surface area contributed by atoms with Gasteiger partial charge in [0.05, 0.1) is 5.56 Å². The number of amides is 1. The summed E-state index contributed by atoms with van der Waals surface area (Å²) < 4.78 is 5.09. The highest BCUT2D eigenvalue weighted by Crippen LogP contribution is 2.22. The number of hydrogen-bond acceptors (Lipinski definition) is 4. The van der Waals surface area contributed by atoms with Crippen LogP contribution in [0.2, 0.25) is 0 Å². The van der Waals surface area contributed by atoms with Crippen molar-refractivity contribution >= 4 is 11.9 Å². The van der Waals surface area contributed by atoms with Crippen LogP contribution in [-0.4, -0.2) is 41.1 Å². The first kappa shape index (κ1) is 16.3. The van der Waals surface area contributed by atoms with Crippen molar-refractivity contribution in [1.29, 1.82) is 0 Å². The number of ether oxygens (including phenoxy) is 1. The quantitative estimate of drug-likeness (QED) is 0.849. The number of carbonyl (C=O) groups is 2. The van der Waals surface area contributed by atoms with Crippen LogP contribution in [-0.2, 0) is 9.53 Å². The van der Waals surface area contributed by atoms with Gasteiger partial charge in [-0.2, -0.15) is 0 Å². The molecule has 0 atom stereocenters. The van der Waals surface area contributed by atoms with E-state index in [1.165, 1.54) is 30.7 Å². The third-order valence-electron chi connectivity index (χ3n) is 4.11. The minimum atomic E-state index is -0.548. The number of aromatic hydroxyl groups is 1. The summed E-state index contributed by atoms with van der Waals surface area (Å²) in [4.78, 5) is 26.0. The van der Waals surface area contributed by atoms with E-state index in [4.69, 9.17) is 4.74 Å². The smallest absolute Gasteiger partial charge is 0.338 e. The Hall–Kier alpha value is -2.04. The Balaban J connectivity index is 1.87. The molecule has 0 radical (unpaired) electrons. The zero-order valence-corrected chi connectivity index (χ0v) is 13.0. The summed E-state index contributed by atoms with van der Waals surface area (Å²) in [5, 5.41) is 9.19. The van der Waals surface area contributed by atoms with Gasteiger partial charge >= 0.3 is 5.97 Å². The highest BCUT2D eigenvalue weighted by Gasteiger charge is 2.24. The molecule has 1 N–H and O–H groups in total. The van der Waals surface area contributed by atoms with E-state index in [0.29, 0.717) is 12.1 Å². The summed E-state index contributed by atoms with van der Waals surface area (Å²) in [5.74, 6) is -0.600. The predicted octanol–water partition coefficient (Wildman–Crippen LogP) is 2.73. The van der Waals surface area contributed by atoms with Crippen molar-refractivity contribution in [3.8, 4) is 5.75 Å². The number of benzene rings is 1. The van der Waals surface area contributed by atoms with Gasteiger partial charge in [0.2, 0.25) is 0 Å². The van der Waals surface area contributed by atoms with Gasteiger partial charge in [-0.1, -0.05) is 19.3 Å². The van der Waals surface area contributed by atoms with Crippen LogP contribution in [0.3, 0.4) is 0 Å². The molecule has 22 heavy (non-hydrogen) atoms. The Bertz CT molecular complexity index is 506. The molecule has 0 bridgehead atoms. The van der Waals surface area contributed by atoms with Crippen molar-refractivity contribution in [2.45, 2.75) is 45.1 Å². The normalized spacial score (nSPS) is 15.3. The van der Waals surface area contributed by atoms with Gasteiger partial charge in [-0.25, -0.2) is 4.79 Å². The molecule has 5 heteroatoms. The van der Waals surface area contributed by atoms with E-state index in [1.807, 2.05) is 11.8 Å². The van der Waals surface area contributed by atoms with E-state index in [9.17, 15) is 14.7 Å². The summed E-state index contributed by atoms with van der Waals surface area (Å²) in [6, 6.07) is 6.05. The lowest BCUT2D eigenvalue weighted by atomic mass is 9.94. The lowest BCUT2D eigenvalue weighted by Crippen LogP contribution is -2.43. The SMILES string of the molecule is CCN(C(=O)COC(=O)c1ccc(O)cc1)C1CCCCC1. The third-order valence-corrected chi connectivity index (χ3v) is 4.11. The number of carbonyl (C=O) groups excluding carboxylic acids is 2. The molecule has 0 aliphatic heterocycles. The zero-order chi connectivity index (χ0) is 15.9. The molecular weight excluding hydrogens is 282 g/mol. The van der Waals surface area contributed by atoms with Crippen molar-refractivity contribution in [2.75, 3.05) is 13.2 Å². The van der Waals surface area contributed by atoms with Crippen LogP contribution >= 0.6 is 0 Å². The highest BCUT2D eigenvalue weighted by atomic mass is 16.5. The molecule has 1 aromatic carbocycles. The molecule has 0 spiro atoms. The number of nitrogens with zero attached hydrogens (tertiary/aromatic N) is 1. The standard InChI is InChI=1S/C17H23NO4/c1-2-18(14-6-4-3-5-7-14)16(20)12-22-17(21)13-8-10-15(19)11-9-13/h8-11,14,19H,2-7,12H2,1H3. The molecule has 1 fully saturated rings. The molecule has 120 valence electrons. The maximum absolute atomic E-state index is 12.3. The molecule has 1 amide bonds. The molecule has 5 nitrogen and oxygen atoms in total. The van der Waals surface area contributed by atoms with Gasteiger partial charge in [0.25, 0.3) is 5.91 Å². The summed E-state index contributed by atoms with van der Waals surface area (Å²) in [6.07, 6.45) is 5.61. The molecule has 1 aromatic rings. The second-order valence-electron chi connectivity index (χ2n) is 5.59. The van der Waals surface area contributed by atoms with Crippen LogP contribution in [0.25, 0.3) is 0 Å². The number of hydrogen-bond donors (Lipinski definition) is 1. The second kappa shape index (κ2) is 7.82. The van der Waals surface area contributed by atoms with Gasteiger partial charge in [-0.3, -0.25) is 4.79 Å². The molecule has 0 unspecified atom stereocenters. The molecular formula is C17H23NO4. The van der Waals surface area contributed by atoms with Gasteiger partial charge < -0.3 is 14.7 Å². The van der Waals surface area contributed by atoms with Crippen LogP contribution < -0.4 is 0 Å². The van der Waals surface area contributed by atoms with E-state index >= 15 is 0 Å². The largest absolute Gasteiger partial charge is 0.508 e. The molecule has 0 heterocycles. The van der Waals surface area contributed by atoms with Crippen molar-refractivity contribution in [2.24, 2.45) is 0 Å². The Morgan fingerprint density at radius 1 is 1.18 bits per heavy atom. The monoisotopic (exact) mass is 305 g/mol. The average molecular weight is 305 g/mol. The number of rotatable bonds is 5. The van der Waals surface area contributed by atoms with Crippen molar-refractivity contribution in [3.63, 3.8) is 0 Å². The van der Waals surface area contributed by atoms with Crippen LogP contribution in [0.5, 0.6) is 5.75 Å². The van der Waals surface area contributed by atoms with Crippen LogP contribution in [0.15, 0.2) is 24.3 Å². The Morgan fingerprint density at radius 2 is 1.82 bits per heavy atom. The highest BCUT2D eigenvalue weighted by molar-refractivity contribution is 5.91. The minimum Gasteiger partial charge on any atom is -0.508 e. The fourth-order valence-corrected chi connectivity index (χ4v) is 2.92. The summed E-state index contributed by atoms with van der Waals surface area (Å²) in [5.41, 5.74) is 0.325. The third kappa shape index (κ3) is 4.23. The van der Waals surface area contributed by atoms with Gasteiger partial charge in [-0.15, -0.1) is 0 Å². The van der Waals surface area contributed by atoms with Gasteiger partial charge in [0, 0.05) is 12.6 Å². The van der Waals surface area contributed by atoms with Crippen LogP contribution in [0, 0.1) is 0 Å². The second-order valence-corrected chi connectivity index (χ2v) is 5.59. The maximum atomic E-state index is 12.3.